The Morgan fingerprint density at radius 1 is 1.19 bits per heavy atom. The van der Waals surface area contributed by atoms with Crippen LogP contribution in [0.15, 0.2) is 54.6 Å². The standard InChI is InChI=1S/C21H21ClFNO2/c22-18-5-2-4-17(14-18)21(9-11-26-12-10-21)15-24-20(25)8-7-16-3-1-6-19(23)13-16/h1-8,13-14H,9-12,15H2,(H,24,25). The number of carbonyl (C=O) groups excluding carboxylic acids is 1. The van der Waals surface area contributed by atoms with Gasteiger partial charge in [-0.05, 0) is 54.3 Å². The first-order chi connectivity index (χ1) is 12.6. The van der Waals surface area contributed by atoms with Gasteiger partial charge in [-0.1, -0.05) is 35.9 Å². The highest BCUT2D eigenvalue weighted by atomic mass is 35.5. The fraction of sp³-hybridized carbons (Fsp3) is 0.286. The van der Waals surface area contributed by atoms with Crippen LogP contribution in [0.3, 0.4) is 0 Å². The van der Waals surface area contributed by atoms with E-state index in [1.165, 1.54) is 18.2 Å². The summed E-state index contributed by atoms with van der Waals surface area (Å²) in [6.45, 7) is 1.81. The van der Waals surface area contributed by atoms with E-state index in [-0.39, 0.29) is 17.1 Å². The molecule has 0 spiro atoms. The molecule has 0 bridgehead atoms. The molecule has 2 aromatic carbocycles. The quantitative estimate of drug-likeness (QED) is 0.791. The normalized spacial score (nSPS) is 16.5. The van der Waals surface area contributed by atoms with Crippen LogP contribution < -0.4 is 5.32 Å². The van der Waals surface area contributed by atoms with Crippen LogP contribution in [0, 0.1) is 5.82 Å². The fourth-order valence-electron chi connectivity index (χ4n) is 3.25. The highest BCUT2D eigenvalue weighted by Crippen LogP contribution is 2.35. The van der Waals surface area contributed by atoms with E-state index < -0.39 is 0 Å². The molecule has 0 aliphatic carbocycles. The molecule has 1 amide bonds. The number of nitrogens with one attached hydrogen (secondary N) is 1. The van der Waals surface area contributed by atoms with E-state index in [2.05, 4.69) is 5.32 Å². The van der Waals surface area contributed by atoms with Gasteiger partial charge in [-0.15, -0.1) is 0 Å². The van der Waals surface area contributed by atoms with Gasteiger partial charge in [0.15, 0.2) is 0 Å². The Morgan fingerprint density at radius 3 is 2.69 bits per heavy atom. The Hall–Kier alpha value is -2.17. The van der Waals surface area contributed by atoms with Gasteiger partial charge in [0.25, 0.3) is 0 Å². The van der Waals surface area contributed by atoms with Crippen molar-refractivity contribution in [2.24, 2.45) is 0 Å². The molecule has 0 atom stereocenters. The minimum absolute atomic E-state index is 0.189. The second-order valence-electron chi connectivity index (χ2n) is 6.51. The SMILES string of the molecule is O=C(C=Cc1cccc(F)c1)NCC1(c2cccc(Cl)c2)CCOCC1. The Balaban J connectivity index is 1.69. The van der Waals surface area contributed by atoms with Gasteiger partial charge in [0, 0.05) is 36.3 Å². The van der Waals surface area contributed by atoms with E-state index in [0.717, 1.165) is 18.4 Å². The van der Waals surface area contributed by atoms with Crippen molar-refractivity contribution in [3.8, 4) is 0 Å². The summed E-state index contributed by atoms with van der Waals surface area (Å²) in [5.41, 5.74) is 1.57. The van der Waals surface area contributed by atoms with Crippen LogP contribution in [0.1, 0.15) is 24.0 Å². The molecule has 1 fully saturated rings. The van der Waals surface area contributed by atoms with Gasteiger partial charge in [-0.3, -0.25) is 4.79 Å². The maximum atomic E-state index is 13.2. The summed E-state index contributed by atoms with van der Waals surface area (Å²) in [4.78, 5) is 12.2. The number of halogens is 2. The lowest BCUT2D eigenvalue weighted by Gasteiger charge is -2.38. The zero-order chi connectivity index (χ0) is 18.4. The van der Waals surface area contributed by atoms with E-state index in [1.807, 2.05) is 24.3 Å². The molecular formula is C21H21ClFNO2. The summed E-state index contributed by atoms with van der Waals surface area (Å²) >= 11 is 6.16. The molecule has 0 saturated carbocycles. The second kappa shape index (κ2) is 8.47. The molecule has 1 saturated heterocycles. The molecule has 1 aliphatic heterocycles. The molecule has 2 aromatic rings. The molecule has 3 rings (SSSR count). The lowest BCUT2D eigenvalue weighted by molar-refractivity contribution is -0.116. The summed E-state index contributed by atoms with van der Waals surface area (Å²) in [5, 5.41) is 3.66. The van der Waals surface area contributed by atoms with Gasteiger partial charge in [0.1, 0.15) is 5.82 Å². The summed E-state index contributed by atoms with van der Waals surface area (Å²) in [5.74, 6) is -0.531. The van der Waals surface area contributed by atoms with Crippen molar-refractivity contribution in [1.82, 2.24) is 5.32 Å². The van der Waals surface area contributed by atoms with Crippen molar-refractivity contribution in [2.75, 3.05) is 19.8 Å². The van der Waals surface area contributed by atoms with E-state index in [1.54, 1.807) is 18.2 Å². The van der Waals surface area contributed by atoms with Crippen LogP contribution in [-0.2, 0) is 14.9 Å². The zero-order valence-corrected chi connectivity index (χ0v) is 15.1. The van der Waals surface area contributed by atoms with Gasteiger partial charge in [-0.2, -0.15) is 0 Å². The summed E-state index contributed by atoms with van der Waals surface area (Å²) in [7, 11) is 0. The molecule has 26 heavy (non-hydrogen) atoms. The van der Waals surface area contributed by atoms with Crippen molar-refractivity contribution in [3.05, 3.63) is 76.6 Å². The molecule has 5 heteroatoms. The maximum absolute atomic E-state index is 13.2. The number of ether oxygens (including phenoxy) is 1. The fourth-order valence-corrected chi connectivity index (χ4v) is 3.44. The first-order valence-corrected chi connectivity index (χ1v) is 9.01. The molecule has 0 aromatic heterocycles. The number of rotatable bonds is 5. The summed E-state index contributed by atoms with van der Waals surface area (Å²) in [6.07, 6.45) is 4.68. The third-order valence-electron chi connectivity index (χ3n) is 4.76. The first kappa shape index (κ1) is 18.6. The molecule has 1 aliphatic rings. The summed E-state index contributed by atoms with van der Waals surface area (Å²) < 4.78 is 18.7. The average Bonchev–Trinajstić information content (AvgIpc) is 2.65. The van der Waals surface area contributed by atoms with Crippen molar-refractivity contribution in [1.29, 1.82) is 0 Å². The Bertz CT molecular complexity index is 800. The minimum atomic E-state index is -0.324. The predicted molar refractivity (Wildman–Crippen MR) is 102 cm³/mol. The van der Waals surface area contributed by atoms with Crippen molar-refractivity contribution < 1.29 is 13.9 Å². The van der Waals surface area contributed by atoms with E-state index >= 15 is 0 Å². The van der Waals surface area contributed by atoms with Crippen molar-refractivity contribution in [3.63, 3.8) is 0 Å². The van der Waals surface area contributed by atoms with Crippen molar-refractivity contribution >= 4 is 23.6 Å². The van der Waals surface area contributed by atoms with Gasteiger partial charge >= 0.3 is 0 Å². The Morgan fingerprint density at radius 2 is 1.96 bits per heavy atom. The third kappa shape index (κ3) is 4.71. The van der Waals surface area contributed by atoms with Crippen LogP contribution in [0.4, 0.5) is 4.39 Å². The predicted octanol–water partition coefficient (Wildman–Crippen LogP) is 4.36. The number of hydrogen-bond donors (Lipinski definition) is 1. The number of benzene rings is 2. The Kier molecular flexibility index (Phi) is 6.07. The van der Waals surface area contributed by atoms with E-state index in [0.29, 0.717) is 30.3 Å². The molecule has 0 unspecified atom stereocenters. The molecule has 136 valence electrons. The molecule has 1 heterocycles. The minimum Gasteiger partial charge on any atom is -0.381 e. The Labute approximate surface area is 157 Å². The number of carbonyl (C=O) groups is 1. The monoisotopic (exact) mass is 373 g/mol. The molecule has 0 radical (unpaired) electrons. The topological polar surface area (TPSA) is 38.3 Å². The van der Waals surface area contributed by atoms with E-state index in [9.17, 15) is 9.18 Å². The highest BCUT2D eigenvalue weighted by Gasteiger charge is 2.34. The smallest absolute Gasteiger partial charge is 0.244 e. The second-order valence-corrected chi connectivity index (χ2v) is 6.95. The van der Waals surface area contributed by atoms with E-state index in [4.69, 9.17) is 16.3 Å². The van der Waals surface area contributed by atoms with Gasteiger partial charge in [-0.25, -0.2) is 4.39 Å². The molecule has 1 N–H and O–H groups in total. The third-order valence-corrected chi connectivity index (χ3v) is 5.00. The summed E-state index contributed by atoms with van der Waals surface area (Å²) in [6, 6.07) is 13.9. The lowest BCUT2D eigenvalue weighted by Crippen LogP contribution is -2.44. The van der Waals surface area contributed by atoms with Crippen LogP contribution in [-0.4, -0.2) is 25.7 Å². The van der Waals surface area contributed by atoms with Crippen LogP contribution in [0.5, 0.6) is 0 Å². The number of hydrogen-bond acceptors (Lipinski definition) is 2. The van der Waals surface area contributed by atoms with Gasteiger partial charge < -0.3 is 10.1 Å². The zero-order valence-electron chi connectivity index (χ0n) is 14.4. The molecular weight excluding hydrogens is 353 g/mol. The maximum Gasteiger partial charge on any atom is 0.244 e. The first-order valence-electron chi connectivity index (χ1n) is 8.63. The molecule has 3 nitrogen and oxygen atoms in total. The largest absolute Gasteiger partial charge is 0.381 e. The van der Waals surface area contributed by atoms with Crippen molar-refractivity contribution in [2.45, 2.75) is 18.3 Å². The average molecular weight is 374 g/mol. The van der Waals surface area contributed by atoms with Gasteiger partial charge in [0.05, 0.1) is 0 Å². The van der Waals surface area contributed by atoms with Crippen LogP contribution in [0.2, 0.25) is 5.02 Å². The number of amides is 1. The highest BCUT2D eigenvalue weighted by molar-refractivity contribution is 6.30. The lowest BCUT2D eigenvalue weighted by atomic mass is 9.74. The van der Waals surface area contributed by atoms with Gasteiger partial charge in [0.2, 0.25) is 5.91 Å². The van der Waals surface area contributed by atoms with Crippen LogP contribution in [0.25, 0.3) is 6.08 Å². The van der Waals surface area contributed by atoms with Crippen LogP contribution >= 0.6 is 11.6 Å².